The van der Waals surface area contributed by atoms with Gasteiger partial charge >= 0.3 is 0 Å². The van der Waals surface area contributed by atoms with Gasteiger partial charge in [-0.15, -0.1) is 11.3 Å². The molecule has 1 aromatic heterocycles. The molecule has 1 saturated heterocycles. The van der Waals surface area contributed by atoms with E-state index < -0.39 is 17.7 Å². The lowest BCUT2D eigenvalue weighted by molar-refractivity contribution is -0.140. The van der Waals surface area contributed by atoms with Gasteiger partial charge in [0.25, 0.3) is 11.7 Å². The molecule has 34 heavy (non-hydrogen) atoms. The second kappa shape index (κ2) is 9.11. The predicted octanol–water partition coefficient (Wildman–Crippen LogP) is 5.98. The van der Waals surface area contributed by atoms with Gasteiger partial charge in [0.05, 0.1) is 25.3 Å². The van der Waals surface area contributed by atoms with E-state index in [9.17, 15) is 14.7 Å². The highest BCUT2D eigenvalue weighted by molar-refractivity contribution is 7.09. The third-order valence-electron chi connectivity index (χ3n) is 6.09. The van der Waals surface area contributed by atoms with Crippen LogP contribution >= 0.6 is 11.3 Å². The van der Waals surface area contributed by atoms with Gasteiger partial charge in [0.2, 0.25) is 0 Å². The smallest absolute Gasteiger partial charge is 0.295 e. The van der Waals surface area contributed by atoms with E-state index in [1.165, 1.54) is 11.3 Å². The Labute approximate surface area is 204 Å². The molecule has 2 heterocycles. The molecule has 1 unspecified atom stereocenters. The molecule has 0 bridgehead atoms. The maximum atomic E-state index is 13.3. The summed E-state index contributed by atoms with van der Waals surface area (Å²) < 4.78 is 5.52. The molecule has 1 aliphatic rings. The van der Waals surface area contributed by atoms with Crippen molar-refractivity contribution < 1.29 is 19.4 Å². The van der Waals surface area contributed by atoms with Crippen molar-refractivity contribution in [3.63, 3.8) is 0 Å². The molecule has 176 valence electrons. The van der Waals surface area contributed by atoms with Crippen molar-refractivity contribution in [2.75, 3.05) is 7.11 Å². The quantitative estimate of drug-likeness (QED) is 0.280. The highest BCUT2D eigenvalue weighted by atomic mass is 32.1. The summed E-state index contributed by atoms with van der Waals surface area (Å²) in [7, 11) is 1.61. The van der Waals surface area contributed by atoms with E-state index >= 15 is 0 Å². The van der Waals surface area contributed by atoms with Gasteiger partial charge in [-0.25, -0.2) is 0 Å². The van der Waals surface area contributed by atoms with Crippen molar-refractivity contribution in [2.45, 2.75) is 45.7 Å². The number of ether oxygens (including phenoxy) is 1. The molecule has 1 N–H and O–H groups in total. The fourth-order valence-electron chi connectivity index (χ4n) is 4.40. The van der Waals surface area contributed by atoms with Crippen LogP contribution in [-0.4, -0.2) is 28.8 Å². The number of likely N-dealkylation sites (tertiary alicyclic amines) is 1. The maximum Gasteiger partial charge on any atom is 0.295 e. The van der Waals surface area contributed by atoms with Gasteiger partial charge in [0, 0.05) is 16.0 Å². The number of benzene rings is 2. The molecular formula is C28H29NO4S. The Morgan fingerprint density at radius 3 is 2.47 bits per heavy atom. The lowest BCUT2D eigenvalue weighted by Gasteiger charge is -2.26. The average molecular weight is 476 g/mol. The lowest BCUT2D eigenvalue weighted by atomic mass is 9.84. The molecule has 3 aromatic rings. The lowest BCUT2D eigenvalue weighted by Crippen LogP contribution is -2.28. The Bertz CT molecular complexity index is 1270. The summed E-state index contributed by atoms with van der Waals surface area (Å²) in [5.41, 5.74) is 3.05. The number of carbonyl (C=O) groups is 2. The summed E-state index contributed by atoms with van der Waals surface area (Å²) in [5.74, 6) is -0.746. The van der Waals surface area contributed by atoms with Crippen molar-refractivity contribution in [1.82, 2.24) is 4.90 Å². The van der Waals surface area contributed by atoms with E-state index in [0.29, 0.717) is 17.9 Å². The monoisotopic (exact) mass is 475 g/mol. The summed E-state index contributed by atoms with van der Waals surface area (Å²) in [6, 6.07) is 16.3. The zero-order valence-corrected chi connectivity index (χ0v) is 20.9. The SMILES string of the molecule is COc1ccc(/C(O)=C2/C(=O)C(=O)N(Cc3cccs3)C2c2cccc(C)c2)cc1C(C)(C)C. The van der Waals surface area contributed by atoms with Crippen LogP contribution in [0.4, 0.5) is 0 Å². The molecule has 0 saturated carbocycles. The number of hydrogen-bond donors (Lipinski definition) is 1. The summed E-state index contributed by atoms with van der Waals surface area (Å²) >= 11 is 1.53. The van der Waals surface area contributed by atoms with Crippen molar-refractivity contribution in [3.8, 4) is 5.75 Å². The molecule has 5 nitrogen and oxygen atoms in total. The Hall–Kier alpha value is -3.38. The standard InChI is InChI=1S/C28H29NO4S/c1-17-8-6-9-18(14-17)24-23(26(31)27(32)29(24)16-20-10-7-13-34-20)25(30)19-11-12-22(33-5)21(15-19)28(2,3)4/h6-15,24,30H,16H2,1-5H3/b25-23-. The molecule has 1 aliphatic heterocycles. The van der Waals surface area contributed by atoms with Crippen LogP contribution in [0.5, 0.6) is 5.75 Å². The molecule has 6 heteroatoms. The molecule has 0 aliphatic carbocycles. The van der Waals surface area contributed by atoms with Crippen LogP contribution in [0.2, 0.25) is 0 Å². The normalized spacial score (nSPS) is 17.9. The van der Waals surface area contributed by atoms with Crippen LogP contribution in [0.3, 0.4) is 0 Å². The molecule has 1 fully saturated rings. The van der Waals surface area contributed by atoms with Gasteiger partial charge in [0.1, 0.15) is 11.5 Å². The minimum Gasteiger partial charge on any atom is -0.507 e. The number of ketones is 1. The number of nitrogens with zero attached hydrogens (tertiary/aromatic N) is 1. The van der Waals surface area contributed by atoms with Gasteiger partial charge in [-0.05, 0) is 47.5 Å². The van der Waals surface area contributed by atoms with Crippen LogP contribution in [0.25, 0.3) is 5.76 Å². The molecule has 1 atom stereocenters. The van der Waals surface area contributed by atoms with Crippen molar-refractivity contribution >= 4 is 28.8 Å². The number of methoxy groups -OCH3 is 1. The molecule has 0 spiro atoms. The fraction of sp³-hybridized carbons (Fsp3) is 0.286. The number of amides is 1. The predicted molar refractivity (Wildman–Crippen MR) is 135 cm³/mol. The first kappa shape index (κ1) is 23.8. The first-order valence-corrected chi connectivity index (χ1v) is 12.1. The molecular weight excluding hydrogens is 446 g/mol. The van der Waals surface area contributed by atoms with E-state index in [1.807, 2.05) is 54.8 Å². The van der Waals surface area contributed by atoms with E-state index in [4.69, 9.17) is 4.74 Å². The number of carbonyl (C=O) groups excluding carboxylic acids is 2. The fourth-order valence-corrected chi connectivity index (χ4v) is 5.10. The second-order valence-electron chi connectivity index (χ2n) is 9.59. The third-order valence-corrected chi connectivity index (χ3v) is 6.95. The third kappa shape index (κ3) is 4.38. The largest absolute Gasteiger partial charge is 0.507 e. The van der Waals surface area contributed by atoms with Crippen LogP contribution < -0.4 is 4.74 Å². The molecule has 0 radical (unpaired) electrons. The van der Waals surface area contributed by atoms with Crippen LogP contribution in [-0.2, 0) is 21.5 Å². The van der Waals surface area contributed by atoms with Crippen molar-refractivity contribution in [1.29, 1.82) is 0 Å². The summed E-state index contributed by atoms with van der Waals surface area (Å²) in [6.07, 6.45) is 0. The Balaban J connectivity index is 1.90. The number of aliphatic hydroxyl groups is 1. The van der Waals surface area contributed by atoms with Gasteiger partial charge in [0.15, 0.2) is 0 Å². The second-order valence-corrected chi connectivity index (χ2v) is 10.6. The highest BCUT2D eigenvalue weighted by Gasteiger charge is 2.46. The van der Waals surface area contributed by atoms with Gasteiger partial charge in [-0.2, -0.15) is 0 Å². The van der Waals surface area contributed by atoms with E-state index in [1.54, 1.807) is 24.1 Å². The number of rotatable bonds is 5. The highest BCUT2D eigenvalue weighted by Crippen LogP contribution is 2.42. The zero-order valence-electron chi connectivity index (χ0n) is 20.1. The zero-order chi connectivity index (χ0) is 24.6. The summed E-state index contributed by atoms with van der Waals surface area (Å²) in [6.45, 7) is 8.44. The first-order chi connectivity index (χ1) is 16.1. The Morgan fingerprint density at radius 1 is 1.09 bits per heavy atom. The molecule has 1 amide bonds. The van der Waals surface area contributed by atoms with Crippen molar-refractivity contribution in [3.05, 3.63) is 92.7 Å². The molecule has 2 aromatic carbocycles. The minimum atomic E-state index is -0.679. The van der Waals surface area contributed by atoms with Gasteiger partial charge in [-0.1, -0.05) is 56.7 Å². The summed E-state index contributed by atoms with van der Waals surface area (Å²) in [4.78, 5) is 29.0. The maximum absolute atomic E-state index is 13.3. The average Bonchev–Trinajstić information content (AvgIpc) is 3.40. The first-order valence-electron chi connectivity index (χ1n) is 11.2. The van der Waals surface area contributed by atoms with Crippen LogP contribution in [0.1, 0.15) is 53.9 Å². The topological polar surface area (TPSA) is 66.8 Å². The van der Waals surface area contributed by atoms with E-state index in [-0.39, 0.29) is 16.7 Å². The number of Topliss-reactive ketones (excluding diaryl/α,β-unsaturated/α-hetero) is 1. The van der Waals surface area contributed by atoms with Crippen molar-refractivity contribution in [2.24, 2.45) is 0 Å². The number of hydrogen-bond acceptors (Lipinski definition) is 5. The van der Waals surface area contributed by atoms with E-state index in [2.05, 4.69) is 20.8 Å². The minimum absolute atomic E-state index is 0.109. The number of thiophene rings is 1. The Morgan fingerprint density at radius 2 is 1.85 bits per heavy atom. The Kier molecular flexibility index (Phi) is 6.36. The number of aryl methyl sites for hydroxylation is 1. The summed E-state index contributed by atoms with van der Waals surface area (Å²) in [5, 5.41) is 13.4. The van der Waals surface area contributed by atoms with Gasteiger partial charge < -0.3 is 14.7 Å². The van der Waals surface area contributed by atoms with Gasteiger partial charge in [-0.3, -0.25) is 9.59 Å². The number of aliphatic hydroxyl groups excluding tert-OH is 1. The van der Waals surface area contributed by atoms with E-state index in [0.717, 1.165) is 21.6 Å². The van der Waals surface area contributed by atoms with Crippen LogP contribution in [0, 0.1) is 6.92 Å². The van der Waals surface area contributed by atoms with Crippen LogP contribution in [0.15, 0.2) is 65.6 Å². The molecule has 4 rings (SSSR count).